The van der Waals surface area contributed by atoms with E-state index >= 15 is 0 Å². The van der Waals surface area contributed by atoms with E-state index in [2.05, 4.69) is 40.1 Å². The Balaban J connectivity index is 2.15. The molecule has 2 aliphatic carbocycles. The van der Waals surface area contributed by atoms with Crippen LogP contribution in [-0.4, -0.2) is 6.04 Å². The molecule has 0 amide bonds. The average Bonchev–Trinajstić information content (AvgIpc) is 2.19. The van der Waals surface area contributed by atoms with Gasteiger partial charge in [0.05, 0.1) is 5.92 Å². The largest absolute Gasteiger partial charge is 0.264 e. The van der Waals surface area contributed by atoms with Gasteiger partial charge in [-0.2, -0.15) is 5.11 Å². The Bertz CT molecular complexity index is 385. The zero-order valence-electron chi connectivity index (χ0n) is 7.01. The summed E-state index contributed by atoms with van der Waals surface area (Å²) < 4.78 is 0. The fourth-order valence-electron chi connectivity index (χ4n) is 1.95. The van der Waals surface area contributed by atoms with Crippen molar-refractivity contribution in [2.75, 3.05) is 0 Å². The van der Waals surface area contributed by atoms with E-state index in [1.54, 1.807) is 0 Å². The fourth-order valence-corrected chi connectivity index (χ4v) is 1.95. The molecule has 0 bridgehead atoms. The molecule has 3 rings (SSSR count). The Morgan fingerprint density at radius 1 is 1.23 bits per heavy atom. The summed E-state index contributed by atoms with van der Waals surface area (Å²) in [6.45, 7) is 0. The van der Waals surface area contributed by atoms with Crippen molar-refractivity contribution in [2.24, 2.45) is 16.3 Å². The summed E-state index contributed by atoms with van der Waals surface area (Å²) in [6.07, 6.45) is 12.5. The van der Waals surface area contributed by atoms with Crippen LogP contribution in [0.2, 0.25) is 0 Å². The van der Waals surface area contributed by atoms with Crippen LogP contribution in [0.25, 0.3) is 0 Å². The molecule has 13 heavy (non-hydrogen) atoms. The maximum absolute atomic E-state index is 4.15. The second-order valence-electron chi connectivity index (χ2n) is 3.33. The predicted molar refractivity (Wildman–Crippen MR) is 49.7 cm³/mol. The minimum absolute atomic E-state index is 0.192. The highest BCUT2D eigenvalue weighted by molar-refractivity contribution is 5.44. The van der Waals surface area contributed by atoms with Crippen LogP contribution in [0.5, 0.6) is 0 Å². The molecule has 0 saturated carbocycles. The van der Waals surface area contributed by atoms with Gasteiger partial charge in [-0.3, -0.25) is 5.43 Å². The van der Waals surface area contributed by atoms with Crippen LogP contribution in [0.3, 0.4) is 0 Å². The third kappa shape index (κ3) is 0.900. The Kier molecular flexibility index (Phi) is 1.27. The van der Waals surface area contributed by atoms with Crippen LogP contribution in [0.4, 0.5) is 0 Å². The lowest BCUT2D eigenvalue weighted by molar-refractivity contribution is 0.491. The number of nitrogens with zero attached hydrogens (tertiary/aromatic N) is 2. The summed E-state index contributed by atoms with van der Waals surface area (Å²) in [5, 5.41) is 8.02. The standard InChI is InChI=1S/C10H9N3/c1-3-7-4-2-6-9-10(7)8(5-1)11-13-12-9/h1-6,8,10H,(H,11,12). The molecular weight excluding hydrogens is 162 g/mol. The molecular formula is C10H9N3. The number of hydrogen-bond donors (Lipinski definition) is 1. The Labute approximate surface area is 76.2 Å². The van der Waals surface area contributed by atoms with E-state index in [1.165, 1.54) is 5.57 Å². The summed E-state index contributed by atoms with van der Waals surface area (Å²) in [5.41, 5.74) is 5.41. The lowest BCUT2D eigenvalue weighted by atomic mass is 9.82. The topological polar surface area (TPSA) is 36.8 Å². The first kappa shape index (κ1) is 6.83. The van der Waals surface area contributed by atoms with E-state index in [0.29, 0.717) is 5.92 Å². The first-order valence-corrected chi connectivity index (χ1v) is 4.38. The van der Waals surface area contributed by atoms with Gasteiger partial charge in [0.25, 0.3) is 0 Å². The molecule has 0 radical (unpaired) electrons. The average molecular weight is 171 g/mol. The molecule has 0 saturated heterocycles. The van der Waals surface area contributed by atoms with Crippen LogP contribution in [0.15, 0.2) is 58.1 Å². The zero-order chi connectivity index (χ0) is 8.67. The van der Waals surface area contributed by atoms with Crippen LogP contribution in [0, 0.1) is 5.92 Å². The molecule has 1 N–H and O–H groups in total. The van der Waals surface area contributed by atoms with E-state index in [1.807, 2.05) is 12.2 Å². The highest BCUT2D eigenvalue weighted by Gasteiger charge is 2.31. The number of rotatable bonds is 0. The van der Waals surface area contributed by atoms with Crippen LogP contribution in [0.1, 0.15) is 0 Å². The van der Waals surface area contributed by atoms with Gasteiger partial charge in [-0.15, -0.1) is 0 Å². The van der Waals surface area contributed by atoms with E-state index < -0.39 is 0 Å². The van der Waals surface area contributed by atoms with E-state index in [0.717, 1.165) is 5.70 Å². The SMILES string of the molecule is C1=CC2=CC=CC3N=NNC(=C1)C23. The van der Waals surface area contributed by atoms with Crippen LogP contribution < -0.4 is 5.43 Å². The molecule has 3 aliphatic rings. The summed E-state index contributed by atoms with van der Waals surface area (Å²) in [6, 6.07) is 0.192. The molecule has 0 aromatic carbocycles. The van der Waals surface area contributed by atoms with Gasteiger partial charge in [-0.05, 0) is 11.6 Å². The van der Waals surface area contributed by atoms with Crippen molar-refractivity contribution in [1.82, 2.24) is 5.43 Å². The quantitative estimate of drug-likeness (QED) is 0.593. The first-order valence-electron chi connectivity index (χ1n) is 4.38. The van der Waals surface area contributed by atoms with Crippen molar-refractivity contribution in [3.05, 3.63) is 47.7 Å². The van der Waals surface area contributed by atoms with Gasteiger partial charge in [0.15, 0.2) is 0 Å². The molecule has 3 nitrogen and oxygen atoms in total. The minimum atomic E-state index is 0.192. The summed E-state index contributed by atoms with van der Waals surface area (Å²) in [5.74, 6) is 0.368. The van der Waals surface area contributed by atoms with Crippen molar-refractivity contribution in [2.45, 2.75) is 6.04 Å². The summed E-state index contributed by atoms with van der Waals surface area (Å²) in [7, 11) is 0. The fraction of sp³-hybridized carbons (Fsp3) is 0.200. The van der Waals surface area contributed by atoms with Crippen molar-refractivity contribution < 1.29 is 0 Å². The summed E-state index contributed by atoms with van der Waals surface area (Å²) >= 11 is 0. The number of allylic oxidation sites excluding steroid dienone is 5. The Hall–Kier alpha value is -1.64. The highest BCUT2D eigenvalue weighted by atomic mass is 15.4. The van der Waals surface area contributed by atoms with E-state index in [4.69, 9.17) is 0 Å². The third-order valence-corrected chi connectivity index (χ3v) is 2.57. The summed E-state index contributed by atoms with van der Waals surface area (Å²) in [4.78, 5) is 0. The molecule has 0 spiro atoms. The van der Waals surface area contributed by atoms with Gasteiger partial charge in [-0.1, -0.05) is 35.6 Å². The van der Waals surface area contributed by atoms with Crippen molar-refractivity contribution in [3.8, 4) is 0 Å². The van der Waals surface area contributed by atoms with E-state index in [9.17, 15) is 0 Å². The molecule has 3 heteroatoms. The Morgan fingerprint density at radius 2 is 2.23 bits per heavy atom. The Morgan fingerprint density at radius 3 is 3.23 bits per heavy atom. The van der Waals surface area contributed by atoms with Crippen molar-refractivity contribution >= 4 is 0 Å². The van der Waals surface area contributed by atoms with Gasteiger partial charge in [0, 0.05) is 5.70 Å². The molecule has 64 valence electrons. The lowest BCUT2D eigenvalue weighted by Gasteiger charge is -2.31. The maximum Gasteiger partial charge on any atom is 0.104 e. The second kappa shape index (κ2) is 2.42. The number of nitrogens with one attached hydrogen (secondary N) is 1. The van der Waals surface area contributed by atoms with Crippen LogP contribution in [-0.2, 0) is 0 Å². The zero-order valence-corrected chi connectivity index (χ0v) is 7.01. The van der Waals surface area contributed by atoms with Gasteiger partial charge in [-0.25, -0.2) is 0 Å². The smallest absolute Gasteiger partial charge is 0.104 e. The lowest BCUT2D eigenvalue weighted by Crippen LogP contribution is -2.32. The second-order valence-corrected chi connectivity index (χ2v) is 3.33. The molecule has 0 fully saturated rings. The predicted octanol–water partition coefficient (Wildman–Crippen LogP) is 1.89. The molecule has 2 unspecified atom stereocenters. The monoisotopic (exact) mass is 171 g/mol. The van der Waals surface area contributed by atoms with Gasteiger partial charge < -0.3 is 0 Å². The number of hydrogen-bond acceptors (Lipinski definition) is 3. The maximum atomic E-state index is 4.15. The molecule has 2 atom stereocenters. The molecule has 1 aliphatic heterocycles. The van der Waals surface area contributed by atoms with Crippen LogP contribution >= 0.6 is 0 Å². The van der Waals surface area contributed by atoms with Gasteiger partial charge >= 0.3 is 0 Å². The van der Waals surface area contributed by atoms with Crippen molar-refractivity contribution in [3.63, 3.8) is 0 Å². The van der Waals surface area contributed by atoms with Gasteiger partial charge in [0.1, 0.15) is 6.04 Å². The molecule has 1 heterocycles. The highest BCUT2D eigenvalue weighted by Crippen LogP contribution is 2.34. The van der Waals surface area contributed by atoms with E-state index in [-0.39, 0.29) is 6.04 Å². The van der Waals surface area contributed by atoms with Crippen molar-refractivity contribution in [1.29, 1.82) is 0 Å². The first-order chi connectivity index (χ1) is 6.45. The normalized spacial score (nSPS) is 33.2. The molecule has 0 aromatic rings. The molecule has 0 aromatic heterocycles. The third-order valence-electron chi connectivity index (χ3n) is 2.57. The van der Waals surface area contributed by atoms with Gasteiger partial charge in [0.2, 0.25) is 0 Å². The minimum Gasteiger partial charge on any atom is -0.264 e.